The van der Waals surface area contributed by atoms with Gasteiger partial charge < -0.3 is 9.47 Å². The van der Waals surface area contributed by atoms with Crippen LogP contribution < -0.4 is 9.47 Å². The lowest BCUT2D eigenvalue weighted by Crippen LogP contribution is -2.19. The van der Waals surface area contributed by atoms with Crippen molar-refractivity contribution in [1.29, 1.82) is 0 Å². The minimum absolute atomic E-state index is 0.398. The van der Waals surface area contributed by atoms with Crippen LogP contribution >= 0.6 is 0 Å². The Morgan fingerprint density at radius 3 is 3.17 bits per heavy atom. The van der Waals surface area contributed by atoms with Crippen LogP contribution in [0.25, 0.3) is 0 Å². The molecule has 0 amide bonds. The van der Waals surface area contributed by atoms with E-state index in [9.17, 15) is 0 Å². The lowest BCUT2D eigenvalue weighted by atomic mass is 9.94. The molecule has 0 fully saturated rings. The van der Waals surface area contributed by atoms with Crippen molar-refractivity contribution in [2.75, 3.05) is 13.2 Å². The Balaban J connectivity index is 1.71. The maximum Gasteiger partial charge on any atom is 0.157 e. The third kappa shape index (κ3) is 2.18. The van der Waals surface area contributed by atoms with Crippen molar-refractivity contribution in [1.82, 2.24) is 9.78 Å². The molecule has 1 unspecified atom stereocenters. The molecule has 0 radical (unpaired) electrons. The third-order valence-electron chi connectivity index (χ3n) is 3.22. The van der Waals surface area contributed by atoms with E-state index in [4.69, 9.17) is 9.47 Å². The van der Waals surface area contributed by atoms with Crippen molar-refractivity contribution >= 4 is 0 Å². The lowest BCUT2D eigenvalue weighted by Gasteiger charge is -2.25. The van der Waals surface area contributed by atoms with Crippen LogP contribution in [0.4, 0.5) is 0 Å². The molecule has 94 valence electrons. The quantitative estimate of drug-likeness (QED) is 0.831. The van der Waals surface area contributed by atoms with Crippen LogP contribution in [0.15, 0.2) is 36.7 Å². The maximum atomic E-state index is 5.78. The Morgan fingerprint density at radius 1 is 1.44 bits per heavy atom. The summed E-state index contributed by atoms with van der Waals surface area (Å²) in [6.45, 7) is 1.43. The molecule has 2 aromatic rings. The SMILES string of the molecule is Cn1cc(OCC2CCOc3ccccc32)cn1. The van der Waals surface area contributed by atoms with Gasteiger partial charge in [-0.15, -0.1) is 0 Å². The van der Waals surface area contributed by atoms with Gasteiger partial charge in [0, 0.05) is 18.5 Å². The summed E-state index contributed by atoms with van der Waals surface area (Å²) in [6, 6.07) is 8.19. The van der Waals surface area contributed by atoms with Crippen molar-refractivity contribution in [3.05, 3.63) is 42.2 Å². The van der Waals surface area contributed by atoms with E-state index in [-0.39, 0.29) is 0 Å². The van der Waals surface area contributed by atoms with Gasteiger partial charge >= 0.3 is 0 Å². The van der Waals surface area contributed by atoms with E-state index in [0.717, 1.165) is 24.5 Å². The second-order valence-electron chi connectivity index (χ2n) is 4.53. The van der Waals surface area contributed by atoms with Crippen molar-refractivity contribution in [3.8, 4) is 11.5 Å². The van der Waals surface area contributed by atoms with Gasteiger partial charge in [-0.3, -0.25) is 4.68 Å². The molecule has 0 aliphatic carbocycles. The Hall–Kier alpha value is -1.97. The van der Waals surface area contributed by atoms with Crippen molar-refractivity contribution in [2.45, 2.75) is 12.3 Å². The number of fused-ring (bicyclic) bond motifs is 1. The summed E-state index contributed by atoms with van der Waals surface area (Å²) in [5.41, 5.74) is 1.24. The standard InChI is InChI=1S/C14H16N2O2/c1-16-9-12(8-15-16)18-10-11-6-7-17-14-5-3-2-4-13(11)14/h2-5,8-9,11H,6-7,10H2,1H3. The molecule has 1 aliphatic heterocycles. The van der Waals surface area contributed by atoms with E-state index in [1.54, 1.807) is 10.9 Å². The fraction of sp³-hybridized carbons (Fsp3) is 0.357. The van der Waals surface area contributed by atoms with Crippen molar-refractivity contribution in [2.24, 2.45) is 7.05 Å². The number of aryl methyl sites for hydroxylation is 1. The van der Waals surface area contributed by atoms with Gasteiger partial charge in [0.2, 0.25) is 0 Å². The average Bonchev–Trinajstić information content (AvgIpc) is 2.82. The van der Waals surface area contributed by atoms with Crippen LogP contribution in [0.3, 0.4) is 0 Å². The Labute approximate surface area is 106 Å². The second kappa shape index (κ2) is 4.72. The Kier molecular flexibility index (Phi) is 2.92. The molecule has 0 saturated heterocycles. The zero-order valence-electron chi connectivity index (χ0n) is 10.4. The first-order valence-electron chi connectivity index (χ1n) is 6.16. The predicted octanol–water partition coefficient (Wildman–Crippen LogP) is 2.37. The summed E-state index contributed by atoms with van der Waals surface area (Å²) in [7, 11) is 1.89. The van der Waals surface area contributed by atoms with Crippen LogP contribution in [-0.2, 0) is 7.05 Å². The summed E-state index contributed by atoms with van der Waals surface area (Å²) in [6.07, 6.45) is 4.62. The van der Waals surface area contributed by atoms with Gasteiger partial charge in [0.25, 0.3) is 0 Å². The van der Waals surface area contributed by atoms with Gasteiger partial charge in [0.1, 0.15) is 5.75 Å². The highest BCUT2D eigenvalue weighted by Crippen LogP contribution is 2.33. The molecule has 0 spiro atoms. The van der Waals surface area contributed by atoms with Crippen LogP contribution in [0.1, 0.15) is 17.9 Å². The largest absolute Gasteiger partial charge is 0.493 e. The number of para-hydroxylation sites is 1. The van der Waals surface area contributed by atoms with E-state index in [1.165, 1.54) is 5.56 Å². The number of aromatic nitrogens is 2. The molecule has 0 bridgehead atoms. The highest BCUT2D eigenvalue weighted by molar-refractivity contribution is 5.37. The number of hydrogen-bond donors (Lipinski definition) is 0. The normalized spacial score (nSPS) is 17.9. The Morgan fingerprint density at radius 2 is 2.33 bits per heavy atom. The minimum atomic E-state index is 0.398. The maximum absolute atomic E-state index is 5.78. The topological polar surface area (TPSA) is 36.3 Å². The van der Waals surface area contributed by atoms with Gasteiger partial charge in [0.15, 0.2) is 5.75 Å². The molecule has 1 aromatic carbocycles. The predicted molar refractivity (Wildman–Crippen MR) is 68.0 cm³/mol. The van der Waals surface area contributed by atoms with E-state index in [0.29, 0.717) is 12.5 Å². The van der Waals surface area contributed by atoms with Gasteiger partial charge in [-0.05, 0) is 12.5 Å². The van der Waals surface area contributed by atoms with E-state index in [2.05, 4.69) is 11.2 Å². The van der Waals surface area contributed by atoms with E-state index >= 15 is 0 Å². The third-order valence-corrected chi connectivity index (χ3v) is 3.22. The van der Waals surface area contributed by atoms with Crippen molar-refractivity contribution in [3.63, 3.8) is 0 Å². The first-order chi connectivity index (χ1) is 8.83. The highest BCUT2D eigenvalue weighted by Gasteiger charge is 2.21. The smallest absolute Gasteiger partial charge is 0.157 e. The fourth-order valence-electron chi connectivity index (χ4n) is 2.26. The molecule has 1 aliphatic rings. The molecule has 1 atom stereocenters. The van der Waals surface area contributed by atoms with Crippen LogP contribution in [0, 0.1) is 0 Å². The van der Waals surface area contributed by atoms with Gasteiger partial charge in [-0.1, -0.05) is 18.2 Å². The molecular formula is C14H16N2O2. The summed E-state index contributed by atoms with van der Waals surface area (Å²) in [4.78, 5) is 0. The Bertz CT molecular complexity index is 536. The first-order valence-corrected chi connectivity index (χ1v) is 6.16. The molecule has 18 heavy (non-hydrogen) atoms. The summed E-state index contributed by atoms with van der Waals surface area (Å²) in [5.74, 6) is 2.21. The average molecular weight is 244 g/mol. The zero-order chi connectivity index (χ0) is 12.4. The minimum Gasteiger partial charge on any atom is -0.493 e. The molecule has 1 aromatic heterocycles. The number of benzene rings is 1. The molecular weight excluding hydrogens is 228 g/mol. The number of ether oxygens (including phenoxy) is 2. The second-order valence-corrected chi connectivity index (χ2v) is 4.53. The number of nitrogens with zero attached hydrogens (tertiary/aromatic N) is 2. The van der Waals surface area contributed by atoms with Gasteiger partial charge in [0.05, 0.1) is 25.6 Å². The summed E-state index contributed by atoms with van der Waals surface area (Å²) in [5, 5.41) is 4.09. The molecule has 2 heterocycles. The van der Waals surface area contributed by atoms with E-state index < -0.39 is 0 Å². The fourth-order valence-corrected chi connectivity index (χ4v) is 2.26. The van der Waals surface area contributed by atoms with Gasteiger partial charge in [-0.25, -0.2) is 0 Å². The molecule has 4 heteroatoms. The summed E-state index contributed by atoms with van der Waals surface area (Å²) < 4.78 is 13.2. The van der Waals surface area contributed by atoms with Crippen LogP contribution in [0.5, 0.6) is 11.5 Å². The molecule has 0 N–H and O–H groups in total. The number of hydrogen-bond acceptors (Lipinski definition) is 3. The molecule has 3 rings (SSSR count). The zero-order valence-corrected chi connectivity index (χ0v) is 10.4. The molecule has 4 nitrogen and oxygen atoms in total. The highest BCUT2D eigenvalue weighted by atomic mass is 16.5. The van der Waals surface area contributed by atoms with Crippen molar-refractivity contribution < 1.29 is 9.47 Å². The van der Waals surface area contributed by atoms with Crippen LogP contribution in [-0.4, -0.2) is 23.0 Å². The lowest BCUT2D eigenvalue weighted by molar-refractivity contribution is 0.217. The van der Waals surface area contributed by atoms with Gasteiger partial charge in [-0.2, -0.15) is 5.10 Å². The first kappa shape index (κ1) is 11.1. The van der Waals surface area contributed by atoms with E-state index in [1.807, 2.05) is 31.4 Å². The molecule has 0 saturated carbocycles. The monoisotopic (exact) mass is 244 g/mol. The van der Waals surface area contributed by atoms with Crippen LogP contribution in [0.2, 0.25) is 0 Å². The number of rotatable bonds is 3. The summed E-state index contributed by atoms with van der Waals surface area (Å²) >= 11 is 0.